The van der Waals surface area contributed by atoms with Crippen molar-refractivity contribution < 1.29 is 22.4 Å². The second-order valence-electron chi connectivity index (χ2n) is 10.1. The van der Waals surface area contributed by atoms with Gasteiger partial charge in [-0.2, -0.15) is 0 Å². The summed E-state index contributed by atoms with van der Waals surface area (Å²) in [6.07, 6.45) is 0.127. The maximum atomic E-state index is 14.9. The van der Waals surface area contributed by atoms with Gasteiger partial charge in [-0.05, 0) is 55.3 Å². The maximum Gasteiger partial charge on any atom is 0.264 e. The highest BCUT2D eigenvalue weighted by Gasteiger charge is 2.35. The van der Waals surface area contributed by atoms with E-state index >= 15 is 0 Å². The molecule has 0 aromatic heterocycles. The van der Waals surface area contributed by atoms with Crippen LogP contribution in [0.5, 0.6) is 0 Å². The molecule has 2 amide bonds. The molecule has 0 saturated heterocycles. The van der Waals surface area contributed by atoms with Gasteiger partial charge in [-0.1, -0.05) is 83.9 Å². The summed E-state index contributed by atoms with van der Waals surface area (Å²) in [6, 6.07) is 25.1. The standard InChI is InChI=1S/C33H33ClFN3O4S/c1-23-16-18-27(19-17-23)43(41,42)38(30-15-9-13-28(34)24(30)2)22-32(39)37(21-26-12-7-8-14-29(26)35)31(33(40)36-3)20-25-10-5-4-6-11-25/h4-19,31H,20-22H2,1-3H3,(H,36,40)/t31-/m0/s1. The topological polar surface area (TPSA) is 86.8 Å². The number of hydrogen-bond acceptors (Lipinski definition) is 4. The third-order valence-corrected chi connectivity index (χ3v) is 9.40. The van der Waals surface area contributed by atoms with Crippen LogP contribution in [0.1, 0.15) is 22.3 Å². The van der Waals surface area contributed by atoms with E-state index in [9.17, 15) is 22.4 Å². The molecule has 0 fully saturated rings. The van der Waals surface area contributed by atoms with Crippen LogP contribution in [-0.2, 0) is 32.6 Å². The molecule has 0 spiro atoms. The average Bonchev–Trinajstić information content (AvgIpc) is 3.00. The van der Waals surface area contributed by atoms with Gasteiger partial charge in [0.2, 0.25) is 11.8 Å². The van der Waals surface area contributed by atoms with Crippen LogP contribution in [-0.4, -0.2) is 44.8 Å². The molecule has 0 heterocycles. The molecule has 4 aromatic rings. The number of carbonyl (C=O) groups excluding carboxylic acids is 2. The smallest absolute Gasteiger partial charge is 0.264 e. The number of carbonyl (C=O) groups is 2. The van der Waals surface area contributed by atoms with Crippen molar-refractivity contribution in [3.63, 3.8) is 0 Å². The summed E-state index contributed by atoms with van der Waals surface area (Å²) in [5.41, 5.74) is 2.50. The Morgan fingerprint density at radius 2 is 1.53 bits per heavy atom. The van der Waals surface area contributed by atoms with Gasteiger partial charge in [-0.3, -0.25) is 13.9 Å². The van der Waals surface area contributed by atoms with Crippen LogP contribution in [0.15, 0.2) is 102 Å². The SMILES string of the molecule is CNC(=O)[C@H](Cc1ccccc1)N(Cc1ccccc1F)C(=O)CN(c1cccc(Cl)c1C)S(=O)(=O)c1ccc(C)cc1. The molecule has 0 radical (unpaired) electrons. The quantitative estimate of drug-likeness (QED) is 0.234. The molecule has 10 heteroatoms. The van der Waals surface area contributed by atoms with E-state index in [0.717, 1.165) is 15.4 Å². The highest BCUT2D eigenvalue weighted by Crippen LogP contribution is 2.31. The van der Waals surface area contributed by atoms with Crippen molar-refractivity contribution in [2.24, 2.45) is 0 Å². The Morgan fingerprint density at radius 3 is 2.19 bits per heavy atom. The predicted octanol–water partition coefficient (Wildman–Crippen LogP) is 5.68. The number of likely N-dealkylation sites (N-methyl/N-ethyl adjacent to an activating group) is 1. The fourth-order valence-corrected chi connectivity index (χ4v) is 6.39. The van der Waals surface area contributed by atoms with Gasteiger partial charge in [-0.25, -0.2) is 12.8 Å². The van der Waals surface area contributed by atoms with Crippen LogP contribution in [0.4, 0.5) is 10.1 Å². The van der Waals surface area contributed by atoms with Crippen LogP contribution in [0.3, 0.4) is 0 Å². The lowest BCUT2D eigenvalue weighted by molar-refractivity contribution is -0.139. The van der Waals surface area contributed by atoms with E-state index < -0.39 is 40.2 Å². The molecule has 1 atom stereocenters. The van der Waals surface area contributed by atoms with Crippen molar-refractivity contribution in [1.82, 2.24) is 10.2 Å². The summed E-state index contributed by atoms with van der Waals surface area (Å²) < 4.78 is 44.1. The number of nitrogens with one attached hydrogen (secondary N) is 1. The summed E-state index contributed by atoms with van der Waals surface area (Å²) in [5.74, 6) is -1.71. The molecule has 0 aliphatic carbocycles. The van der Waals surface area contributed by atoms with Crippen molar-refractivity contribution in [2.45, 2.75) is 37.8 Å². The highest BCUT2D eigenvalue weighted by atomic mass is 35.5. The molecule has 0 bridgehead atoms. The molecule has 0 unspecified atom stereocenters. The summed E-state index contributed by atoms with van der Waals surface area (Å²) in [4.78, 5) is 28.8. The van der Waals surface area contributed by atoms with Crippen molar-refractivity contribution in [3.05, 3.63) is 130 Å². The van der Waals surface area contributed by atoms with E-state index in [0.29, 0.717) is 10.6 Å². The van der Waals surface area contributed by atoms with Crippen molar-refractivity contribution in [3.8, 4) is 0 Å². The minimum Gasteiger partial charge on any atom is -0.357 e. The largest absolute Gasteiger partial charge is 0.357 e. The third-order valence-electron chi connectivity index (χ3n) is 7.21. The van der Waals surface area contributed by atoms with Gasteiger partial charge >= 0.3 is 0 Å². The maximum absolute atomic E-state index is 14.9. The molecule has 0 aliphatic rings. The zero-order valence-corrected chi connectivity index (χ0v) is 25.7. The van der Waals surface area contributed by atoms with E-state index in [1.165, 1.54) is 42.3 Å². The zero-order chi connectivity index (χ0) is 31.1. The Kier molecular flexibility index (Phi) is 10.2. The lowest BCUT2D eigenvalue weighted by Crippen LogP contribution is -2.53. The minimum absolute atomic E-state index is 0.0157. The van der Waals surface area contributed by atoms with Gasteiger partial charge in [0.25, 0.3) is 10.0 Å². The average molecular weight is 622 g/mol. The van der Waals surface area contributed by atoms with Gasteiger partial charge in [0.15, 0.2) is 0 Å². The first-order valence-electron chi connectivity index (χ1n) is 13.7. The Hall–Kier alpha value is -4.21. The number of anilines is 1. The van der Waals surface area contributed by atoms with Gasteiger partial charge in [0, 0.05) is 30.6 Å². The molecule has 224 valence electrons. The Labute approximate surface area is 257 Å². The Balaban J connectivity index is 1.83. The predicted molar refractivity (Wildman–Crippen MR) is 167 cm³/mol. The number of amides is 2. The molecule has 0 aliphatic heterocycles. The van der Waals surface area contributed by atoms with Gasteiger partial charge in [0.05, 0.1) is 10.6 Å². The molecule has 43 heavy (non-hydrogen) atoms. The summed E-state index contributed by atoms with van der Waals surface area (Å²) in [7, 11) is -2.82. The third kappa shape index (κ3) is 7.42. The first kappa shape index (κ1) is 31.7. The zero-order valence-electron chi connectivity index (χ0n) is 24.1. The van der Waals surface area contributed by atoms with E-state index in [-0.39, 0.29) is 29.1 Å². The number of aryl methyl sites for hydroxylation is 1. The number of sulfonamides is 1. The molecule has 0 saturated carbocycles. The highest BCUT2D eigenvalue weighted by molar-refractivity contribution is 7.92. The van der Waals surface area contributed by atoms with Crippen LogP contribution in [0.2, 0.25) is 5.02 Å². The van der Waals surface area contributed by atoms with Crippen LogP contribution >= 0.6 is 11.6 Å². The van der Waals surface area contributed by atoms with E-state index in [1.807, 2.05) is 37.3 Å². The normalized spacial score (nSPS) is 11.9. The van der Waals surface area contributed by atoms with Gasteiger partial charge in [0.1, 0.15) is 18.4 Å². The molecular weight excluding hydrogens is 589 g/mol. The molecule has 4 aromatic carbocycles. The number of halogens is 2. The van der Waals surface area contributed by atoms with E-state index in [2.05, 4.69) is 5.32 Å². The monoisotopic (exact) mass is 621 g/mol. The summed E-state index contributed by atoms with van der Waals surface area (Å²) >= 11 is 6.39. The number of rotatable bonds is 11. The molecular formula is C33H33ClFN3O4S. The number of hydrogen-bond donors (Lipinski definition) is 1. The van der Waals surface area contributed by atoms with Crippen molar-refractivity contribution >= 4 is 39.1 Å². The fourth-order valence-electron chi connectivity index (χ4n) is 4.75. The van der Waals surface area contributed by atoms with Crippen LogP contribution in [0.25, 0.3) is 0 Å². The second-order valence-corrected chi connectivity index (χ2v) is 12.4. The second kappa shape index (κ2) is 13.8. The van der Waals surface area contributed by atoms with Crippen LogP contribution < -0.4 is 9.62 Å². The molecule has 1 N–H and O–H groups in total. The first-order chi connectivity index (χ1) is 20.5. The Bertz CT molecular complexity index is 1700. The lowest BCUT2D eigenvalue weighted by atomic mass is 10.0. The van der Waals surface area contributed by atoms with Gasteiger partial charge in [-0.15, -0.1) is 0 Å². The molecule has 4 rings (SSSR count). The first-order valence-corrected chi connectivity index (χ1v) is 15.5. The Morgan fingerprint density at radius 1 is 0.884 bits per heavy atom. The van der Waals surface area contributed by atoms with E-state index in [1.54, 1.807) is 43.3 Å². The summed E-state index contributed by atoms with van der Waals surface area (Å²) in [6.45, 7) is 2.59. The van der Waals surface area contributed by atoms with E-state index in [4.69, 9.17) is 11.6 Å². The number of benzene rings is 4. The van der Waals surface area contributed by atoms with Crippen molar-refractivity contribution in [2.75, 3.05) is 17.9 Å². The molecule has 7 nitrogen and oxygen atoms in total. The lowest BCUT2D eigenvalue weighted by Gasteiger charge is -2.34. The fraction of sp³-hybridized carbons (Fsp3) is 0.212. The number of nitrogens with zero attached hydrogens (tertiary/aromatic N) is 2. The minimum atomic E-state index is -4.28. The van der Waals surface area contributed by atoms with Crippen LogP contribution in [0, 0.1) is 19.7 Å². The van der Waals surface area contributed by atoms with Gasteiger partial charge < -0.3 is 10.2 Å². The summed E-state index contributed by atoms with van der Waals surface area (Å²) in [5, 5.41) is 2.93. The van der Waals surface area contributed by atoms with Crippen molar-refractivity contribution in [1.29, 1.82) is 0 Å².